The molecule has 11 heteroatoms. The van der Waals surface area contributed by atoms with E-state index in [2.05, 4.69) is 14.7 Å². The summed E-state index contributed by atoms with van der Waals surface area (Å²) in [6.45, 7) is 0.0914. The first-order valence-corrected chi connectivity index (χ1v) is 12.9. The summed E-state index contributed by atoms with van der Waals surface area (Å²) in [4.78, 5) is 47.2. The molecule has 2 aromatic heterocycles. The Morgan fingerprint density at radius 1 is 1.14 bits per heavy atom. The SMILES string of the molecule is CN(C)c1ccc([C@H](C(=O)NC2CCCC2)N(Cc2cccnc2)C(=O)c2snc(C(N)=O)c2N)cc1. The summed E-state index contributed by atoms with van der Waals surface area (Å²) in [5.74, 6) is -1.61. The number of benzene rings is 1. The standard InChI is InChI=1S/C26H31N7O3S/c1-32(2)19-11-9-17(10-12-19)22(25(35)30-18-7-3-4-8-18)33(15-16-6-5-13-29-14-16)26(36)23-20(27)21(24(28)34)31-37-23/h5-6,9-14,18,22H,3-4,7-8,15,27H2,1-2H3,(H2,28,34)(H,30,35)/t22-/m1/s1. The van der Waals surface area contributed by atoms with Crippen molar-refractivity contribution in [3.8, 4) is 0 Å². The summed E-state index contributed by atoms with van der Waals surface area (Å²) in [6.07, 6.45) is 7.20. The first kappa shape index (κ1) is 26.1. The molecule has 0 saturated heterocycles. The molecule has 0 bridgehead atoms. The number of rotatable bonds is 9. The molecule has 1 aliphatic rings. The molecular weight excluding hydrogens is 490 g/mol. The van der Waals surface area contributed by atoms with Gasteiger partial charge in [0.1, 0.15) is 10.9 Å². The number of amides is 3. The van der Waals surface area contributed by atoms with Crippen LogP contribution >= 0.6 is 11.5 Å². The third-order valence-corrected chi connectivity index (χ3v) is 7.33. The summed E-state index contributed by atoms with van der Waals surface area (Å²) in [5.41, 5.74) is 13.6. The average molecular weight is 522 g/mol. The maximum absolute atomic E-state index is 14.0. The van der Waals surface area contributed by atoms with Gasteiger partial charge >= 0.3 is 0 Å². The predicted molar refractivity (Wildman–Crippen MR) is 143 cm³/mol. The summed E-state index contributed by atoms with van der Waals surface area (Å²) in [5, 5.41) is 3.15. The number of anilines is 2. The van der Waals surface area contributed by atoms with Crippen molar-refractivity contribution in [3.63, 3.8) is 0 Å². The van der Waals surface area contributed by atoms with Gasteiger partial charge in [0, 0.05) is 44.8 Å². The van der Waals surface area contributed by atoms with E-state index in [4.69, 9.17) is 11.5 Å². The van der Waals surface area contributed by atoms with E-state index in [1.54, 1.807) is 18.5 Å². The molecule has 10 nitrogen and oxygen atoms in total. The molecule has 37 heavy (non-hydrogen) atoms. The zero-order chi connectivity index (χ0) is 26.5. The lowest BCUT2D eigenvalue weighted by Crippen LogP contribution is -2.45. The quantitative estimate of drug-likeness (QED) is 0.392. The molecule has 3 aromatic rings. The third kappa shape index (κ3) is 5.88. The second kappa shape index (κ2) is 11.4. The van der Waals surface area contributed by atoms with Crippen LogP contribution in [0.15, 0.2) is 48.8 Å². The molecule has 1 aliphatic carbocycles. The smallest absolute Gasteiger partial charge is 0.270 e. The van der Waals surface area contributed by atoms with Gasteiger partial charge in [0.2, 0.25) is 5.91 Å². The predicted octanol–water partition coefficient (Wildman–Crippen LogP) is 2.73. The zero-order valence-corrected chi connectivity index (χ0v) is 21.7. The Balaban J connectivity index is 1.79. The monoisotopic (exact) mass is 521 g/mol. The minimum absolute atomic E-state index is 0.0567. The highest BCUT2D eigenvalue weighted by molar-refractivity contribution is 7.09. The van der Waals surface area contributed by atoms with E-state index in [9.17, 15) is 14.4 Å². The molecular formula is C26H31N7O3S. The van der Waals surface area contributed by atoms with E-state index < -0.39 is 17.9 Å². The van der Waals surface area contributed by atoms with E-state index in [0.717, 1.165) is 48.5 Å². The van der Waals surface area contributed by atoms with Crippen LogP contribution in [0, 0.1) is 0 Å². The lowest BCUT2D eigenvalue weighted by Gasteiger charge is -2.32. The van der Waals surface area contributed by atoms with Crippen LogP contribution in [0.25, 0.3) is 0 Å². The van der Waals surface area contributed by atoms with Gasteiger partial charge in [-0.2, -0.15) is 4.37 Å². The Labute approximate surface area is 219 Å². The number of nitrogens with zero attached hydrogens (tertiary/aromatic N) is 4. The Bertz CT molecular complexity index is 1250. The van der Waals surface area contributed by atoms with Crippen LogP contribution < -0.4 is 21.7 Å². The van der Waals surface area contributed by atoms with Gasteiger partial charge in [0.15, 0.2) is 5.69 Å². The minimum Gasteiger partial charge on any atom is -0.395 e. The van der Waals surface area contributed by atoms with Gasteiger partial charge in [0.25, 0.3) is 11.8 Å². The minimum atomic E-state index is -0.956. The van der Waals surface area contributed by atoms with Gasteiger partial charge in [-0.15, -0.1) is 0 Å². The summed E-state index contributed by atoms with van der Waals surface area (Å²) >= 11 is 0.794. The van der Waals surface area contributed by atoms with Crippen LogP contribution in [0.4, 0.5) is 11.4 Å². The molecule has 194 valence electrons. The maximum atomic E-state index is 14.0. The summed E-state index contributed by atoms with van der Waals surface area (Å²) in [7, 11) is 3.86. The molecule has 1 fully saturated rings. The van der Waals surface area contributed by atoms with Crippen LogP contribution in [0.5, 0.6) is 0 Å². The fraction of sp³-hybridized carbons (Fsp3) is 0.346. The molecule has 0 aliphatic heterocycles. The molecule has 1 saturated carbocycles. The summed E-state index contributed by atoms with van der Waals surface area (Å²) in [6, 6.07) is 10.2. The Morgan fingerprint density at radius 3 is 2.41 bits per heavy atom. The van der Waals surface area contributed by atoms with Gasteiger partial charge in [-0.25, -0.2) is 0 Å². The highest BCUT2D eigenvalue weighted by Crippen LogP contribution is 2.31. The van der Waals surface area contributed by atoms with Crippen molar-refractivity contribution in [2.75, 3.05) is 24.7 Å². The molecule has 0 spiro atoms. The number of nitrogen functional groups attached to an aromatic ring is 1. The second-order valence-electron chi connectivity index (χ2n) is 9.31. The van der Waals surface area contributed by atoms with Crippen molar-refractivity contribution in [2.24, 2.45) is 5.73 Å². The molecule has 3 amide bonds. The molecule has 1 aromatic carbocycles. The third-order valence-electron chi connectivity index (χ3n) is 6.48. The van der Waals surface area contributed by atoms with Gasteiger partial charge < -0.3 is 26.6 Å². The van der Waals surface area contributed by atoms with Gasteiger partial charge in [-0.05, 0) is 53.7 Å². The molecule has 0 unspecified atom stereocenters. The largest absolute Gasteiger partial charge is 0.395 e. The molecule has 5 N–H and O–H groups in total. The number of nitrogens with two attached hydrogens (primary N) is 2. The number of hydrogen-bond acceptors (Lipinski definition) is 8. The Kier molecular flexibility index (Phi) is 8.02. The van der Waals surface area contributed by atoms with Crippen molar-refractivity contribution in [1.82, 2.24) is 19.6 Å². The van der Waals surface area contributed by atoms with Gasteiger partial charge in [-0.1, -0.05) is 31.0 Å². The van der Waals surface area contributed by atoms with E-state index >= 15 is 0 Å². The number of aromatic nitrogens is 2. The topological polar surface area (TPSA) is 148 Å². The number of hydrogen-bond donors (Lipinski definition) is 3. The van der Waals surface area contributed by atoms with Crippen LogP contribution in [0.3, 0.4) is 0 Å². The van der Waals surface area contributed by atoms with E-state index in [1.165, 1.54) is 4.90 Å². The maximum Gasteiger partial charge on any atom is 0.270 e. The first-order chi connectivity index (χ1) is 17.8. The highest BCUT2D eigenvalue weighted by Gasteiger charge is 2.36. The van der Waals surface area contributed by atoms with Crippen molar-refractivity contribution < 1.29 is 14.4 Å². The van der Waals surface area contributed by atoms with Gasteiger partial charge in [0.05, 0.1) is 5.69 Å². The molecule has 1 atom stereocenters. The lowest BCUT2D eigenvalue weighted by atomic mass is 10.0. The normalized spacial score (nSPS) is 14.2. The molecule has 4 rings (SSSR count). The lowest BCUT2D eigenvalue weighted by molar-refractivity contribution is -0.126. The summed E-state index contributed by atoms with van der Waals surface area (Å²) < 4.78 is 3.99. The van der Waals surface area contributed by atoms with Crippen molar-refractivity contribution >= 4 is 40.6 Å². The van der Waals surface area contributed by atoms with Crippen molar-refractivity contribution in [2.45, 2.75) is 44.3 Å². The van der Waals surface area contributed by atoms with Crippen LogP contribution in [-0.2, 0) is 11.3 Å². The van der Waals surface area contributed by atoms with Gasteiger partial charge in [-0.3, -0.25) is 19.4 Å². The van der Waals surface area contributed by atoms with E-state index in [1.807, 2.05) is 49.3 Å². The first-order valence-electron chi connectivity index (χ1n) is 12.1. The van der Waals surface area contributed by atoms with E-state index in [-0.39, 0.29) is 34.8 Å². The molecule has 2 heterocycles. The van der Waals surface area contributed by atoms with Crippen molar-refractivity contribution in [1.29, 1.82) is 0 Å². The van der Waals surface area contributed by atoms with Crippen LogP contribution in [-0.4, -0.2) is 52.1 Å². The number of carbonyl (C=O) groups excluding carboxylic acids is 3. The highest BCUT2D eigenvalue weighted by atomic mass is 32.1. The van der Waals surface area contributed by atoms with Crippen LogP contribution in [0.1, 0.15) is 63.0 Å². The van der Waals surface area contributed by atoms with Crippen molar-refractivity contribution in [3.05, 3.63) is 70.5 Å². The second-order valence-corrected chi connectivity index (χ2v) is 10.1. The van der Waals surface area contributed by atoms with Crippen LogP contribution in [0.2, 0.25) is 0 Å². The Hall–Kier alpha value is -3.99. The number of primary amides is 1. The fourth-order valence-electron chi connectivity index (χ4n) is 4.51. The Morgan fingerprint density at radius 2 is 1.84 bits per heavy atom. The fourth-order valence-corrected chi connectivity index (χ4v) is 5.27. The van der Waals surface area contributed by atoms with E-state index in [0.29, 0.717) is 5.56 Å². The average Bonchev–Trinajstić information content (AvgIpc) is 3.53. The number of pyridine rings is 1. The number of carbonyl (C=O) groups is 3. The number of nitrogens with one attached hydrogen (secondary N) is 1. The molecule has 0 radical (unpaired) electrons. The zero-order valence-electron chi connectivity index (χ0n) is 20.9.